The van der Waals surface area contributed by atoms with Crippen molar-refractivity contribution in [1.82, 2.24) is 20.5 Å². The van der Waals surface area contributed by atoms with E-state index in [-0.39, 0.29) is 24.0 Å². The first-order chi connectivity index (χ1) is 10.3. The van der Waals surface area contributed by atoms with Crippen LogP contribution in [-0.4, -0.2) is 48.6 Å². The summed E-state index contributed by atoms with van der Waals surface area (Å²) in [6.07, 6.45) is 5.94. The van der Waals surface area contributed by atoms with Gasteiger partial charge < -0.3 is 15.5 Å². The minimum atomic E-state index is 0. The molecule has 0 spiro atoms. The van der Waals surface area contributed by atoms with Crippen molar-refractivity contribution in [1.29, 1.82) is 0 Å². The summed E-state index contributed by atoms with van der Waals surface area (Å²) in [5.41, 5.74) is 1.03. The largest absolute Gasteiger partial charge is 0.356 e. The first-order valence-electron chi connectivity index (χ1n) is 7.93. The lowest BCUT2D eigenvalue weighted by molar-refractivity contribution is 0.314. The van der Waals surface area contributed by atoms with E-state index in [1.165, 1.54) is 32.4 Å². The number of rotatable bonds is 5. The second-order valence-corrected chi connectivity index (χ2v) is 6.01. The number of hydrogen-bond donors (Lipinski definition) is 2. The molecule has 5 nitrogen and oxygen atoms in total. The minimum Gasteiger partial charge on any atom is -0.356 e. The molecule has 2 aliphatic rings. The molecule has 1 saturated heterocycles. The molecular weight excluding hydrogens is 389 g/mol. The van der Waals surface area contributed by atoms with Gasteiger partial charge in [-0.2, -0.15) is 0 Å². The van der Waals surface area contributed by atoms with Crippen LogP contribution in [0.15, 0.2) is 29.4 Å². The summed E-state index contributed by atoms with van der Waals surface area (Å²) in [5.74, 6) is 1.62. The number of likely N-dealkylation sites (tertiary alicyclic amines) is 1. The number of hydrogen-bond acceptors (Lipinski definition) is 3. The fourth-order valence-corrected chi connectivity index (χ4v) is 2.94. The predicted octanol–water partition coefficient (Wildman–Crippen LogP) is 1.85. The van der Waals surface area contributed by atoms with Gasteiger partial charge in [0.25, 0.3) is 0 Å². The smallest absolute Gasteiger partial charge is 0.191 e. The van der Waals surface area contributed by atoms with Gasteiger partial charge in [0.2, 0.25) is 0 Å². The highest BCUT2D eigenvalue weighted by Crippen LogP contribution is 2.31. The molecule has 0 aromatic carbocycles. The van der Waals surface area contributed by atoms with E-state index < -0.39 is 0 Å². The molecule has 1 aromatic heterocycles. The number of nitrogens with zero attached hydrogens (tertiary/aromatic N) is 3. The Morgan fingerprint density at radius 1 is 1.32 bits per heavy atom. The Bertz CT molecular complexity index is 475. The number of guanidine groups is 1. The molecule has 1 aromatic rings. The standard InChI is InChI=1S/C16H25N5.HI/c1-17-16(20-11-14-4-2-3-8-18-14)19-10-13-7-9-21(12-13)15-5-6-15;/h2-4,8,13,15H,5-7,9-12H2,1H3,(H2,17,19,20);1H. The van der Waals surface area contributed by atoms with Crippen molar-refractivity contribution in [2.24, 2.45) is 10.9 Å². The van der Waals surface area contributed by atoms with Crippen LogP contribution in [0.5, 0.6) is 0 Å². The van der Waals surface area contributed by atoms with Crippen molar-refractivity contribution in [3.05, 3.63) is 30.1 Å². The van der Waals surface area contributed by atoms with Crippen molar-refractivity contribution in [2.45, 2.75) is 31.8 Å². The van der Waals surface area contributed by atoms with E-state index in [1.807, 2.05) is 31.4 Å². The third-order valence-electron chi connectivity index (χ3n) is 4.33. The Balaban J connectivity index is 0.00000176. The number of aliphatic imine (C=N–C) groups is 1. The van der Waals surface area contributed by atoms with E-state index in [4.69, 9.17) is 0 Å². The Morgan fingerprint density at radius 2 is 2.18 bits per heavy atom. The van der Waals surface area contributed by atoms with Crippen LogP contribution in [0.1, 0.15) is 25.0 Å². The Morgan fingerprint density at radius 3 is 2.86 bits per heavy atom. The highest BCUT2D eigenvalue weighted by atomic mass is 127. The van der Waals surface area contributed by atoms with Crippen LogP contribution in [0.2, 0.25) is 0 Å². The van der Waals surface area contributed by atoms with Crippen LogP contribution in [0.3, 0.4) is 0 Å². The molecule has 1 atom stereocenters. The lowest BCUT2D eigenvalue weighted by atomic mass is 10.1. The van der Waals surface area contributed by atoms with Gasteiger partial charge >= 0.3 is 0 Å². The van der Waals surface area contributed by atoms with Crippen LogP contribution in [0.4, 0.5) is 0 Å². The molecule has 1 unspecified atom stereocenters. The zero-order chi connectivity index (χ0) is 14.5. The fourth-order valence-electron chi connectivity index (χ4n) is 2.94. The molecule has 2 heterocycles. The SMILES string of the molecule is CN=C(NCc1ccccn1)NCC1CCN(C2CC2)C1.I. The molecule has 0 bridgehead atoms. The first-order valence-corrected chi connectivity index (χ1v) is 7.93. The molecule has 2 fully saturated rings. The molecule has 6 heteroatoms. The topological polar surface area (TPSA) is 52.6 Å². The average molecular weight is 415 g/mol. The highest BCUT2D eigenvalue weighted by Gasteiger charge is 2.34. The third-order valence-corrected chi connectivity index (χ3v) is 4.33. The van der Waals surface area contributed by atoms with E-state index in [1.54, 1.807) is 0 Å². The van der Waals surface area contributed by atoms with Crippen molar-refractivity contribution in [2.75, 3.05) is 26.7 Å². The Labute approximate surface area is 150 Å². The van der Waals surface area contributed by atoms with E-state index in [0.29, 0.717) is 6.54 Å². The average Bonchev–Trinajstić information content (AvgIpc) is 3.28. The van der Waals surface area contributed by atoms with Gasteiger partial charge in [-0.25, -0.2) is 0 Å². The number of halogens is 1. The number of nitrogens with one attached hydrogen (secondary N) is 2. The molecule has 22 heavy (non-hydrogen) atoms. The quantitative estimate of drug-likeness (QED) is 0.438. The molecule has 3 rings (SSSR count). The molecule has 2 N–H and O–H groups in total. The maximum Gasteiger partial charge on any atom is 0.191 e. The summed E-state index contributed by atoms with van der Waals surface area (Å²) in [6.45, 7) is 4.23. The number of aromatic nitrogens is 1. The molecule has 1 aliphatic heterocycles. The van der Waals surface area contributed by atoms with E-state index in [0.717, 1.165) is 30.2 Å². The maximum absolute atomic E-state index is 4.31. The monoisotopic (exact) mass is 415 g/mol. The summed E-state index contributed by atoms with van der Waals surface area (Å²) in [6, 6.07) is 6.86. The van der Waals surface area contributed by atoms with Crippen LogP contribution >= 0.6 is 24.0 Å². The predicted molar refractivity (Wildman–Crippen MR) is 101 cm³/mol. The molecule has 0 amide bonds. The van der Waals surface area contributed by atoms with Gasteiger partial charge in [-0.1, -0.05) is 6.07 Å². The van der Waals surface area contributed by atoms with Gasteiger partial charge in [-0.15, -0.1) is 24.0 Å². The van der Waals surface area contributed by atoms with Crippen LogP contribution < -0.4 is 10.6 Å². The lowest BCUT2D eigenvalue weighted by Gasteiger charge is -2.17. The molecule has 122 valence electrons. The normalized spacial score (nSPS) is 22.2. The van der Waals surface area contributed by atoms with Gasteiger partial charge in [0.05, 0.1) is 12.2 Å². The summed E-state index contributed by atoms with van der Waals surface area (Å²) < 4.78 is 0. The maximum atomic E-state index is 4.31. The molecule has 0 radical (unpaired) electrons. The van der Waals surface area contributed by atoms with Gasteiger partial charge in [0, 0.05) is 32.4 Å². The molecular formula is C16H26IN5. The first kappa shape index (κ1) is 17.5. The summed E-state index contributed by atoms with van der Waals surface area (Å²) in [7, 11) is 1.82. The second kappa shape index (κ2) is 8.67. The van der Waals surface area contributed by atoms with Gasteiger partial charge in [-0.05, 0) is 43.9 Å². The fraction of sp³-hybridized carbons (Fsp3) is 0.625. The lowest BCUT2D eigenvalue weighted by Crippen LogP contribution is -2.40. The van der Waals surface area contributed by atoms with Gasteiger partial charge in [0.15, 0.2) is 5.96 Å². The van der Waals surface area contributed by atoms with Crippen molar-refractivity contribution >= 4 is 29.9 Å². The van der Waals surface area contributed by atoms with E-state index >= 15 is 0 Å². The van der Waals surface area contributed by atoms with Crippen LogP contribution in [0, 0.1) is 5.92 Å². The molecule has 1 aliphatic carbocycles. The zero-order valence-electron chi connectivity index (χ0n) is 13.2. The Kier molecular flexibility index (Phi) is 6.88. The summed E-state index contributed by atoms with van der Waals surface area (Å²) in [5, 5.41) is 6.76. The van der Waals surface area contributed by atoms with Crippen molar-refractivity contribution < 1.29 is 0 Å². The second-order valence-electron chi connectivity index (χ2n) is 6.01. The minimum absolute atomic E-state index is 0. The molecule has 1 saturated carbocycles. The summed E-state index contributed by atoms with van der Waals surface area (Å²) in [4.78, 5) is 11.2. The van der Waals surface area contributed by atoms with E-state index in [9.17, 15) is 0 Å². The van der Waals surface area contributed by atoms with Crippen molar-refractivity contribution in [3.8, 4) is 0 Å². The van der Waals surface area contributed by atoms with Gasteiger partial charge in [-0.3, -0.25) is 9.98 Å². The zero-order valence-corrected chi connectivity index (χ0v) is 15.5. The summed E-state index contributed by atoms with van der Waals surface area (Å²) >= 11 is 0. The Hall–Kier alpha value is -0.890. The van der Waals surface area contributed by atoms with Gasteiger partial charge in [0.1, 0.15) is 0 Å². The van der Waals surface area contributed by atoms with Crippen LogP contribution in [-0.2, 0) is 6.54 Å². The third kappa shape index (κ3) is 5.08. The highest BCUT2D eigenvalue weighted by molar-refractivity contribution is 14.0. The number of pyridine rings is 1. The van der Waals surface area contributed by atoms with Crippen molar-refractivity contribution in [3.63, 3.8) is 0 Å². The van der Waals surface area contributed by atoms with E-state index in [2.05, 4.69) is 25.5 Å². The van der Waals surface area contributed by atoms with Crippen LogP contribution in [0.25, 0.3) is 0 Å².